The molecule has 27 heavy (non-hydrogen) atoms. The molecule has 0 N–H and O–H groups in total. The minimum atomic E-state index is -0.309. The molecule has 0 atom stereocenters. The second-order valence-electron chi connectivity index (χ2n) is 5.97. The molecule has 0 unspecified atom stereocenters. The van der Waals surface area contributed by atoms with E-state index in [9.17, 15) is 4.39 Å². The average Bonchev–Trinajstić information content (AvgIpc) is 3.32. The van der Waals surface area contributed by atoms with Gasteiger partial charge < -0.3 is 4.52 Å². The van der Waals surface area contributed by atoms with Crippen LogP contribution in [0.1, 0.15) is 17.0 Å². The first-order valence-electron chi connectivity index (χ1n) is 8.17. The normalized spacial score (nSPS) is 11.1. The first kappa shape index (κ1) is 17.3. The Morgan fingerprint density at radius 2 is 1.93 bits per heavy atom. The number of hydrogen-bond donors (Lipinski definition) is 0. The molecule has 0 saturated carbocycles. The second-order valence-corrected chi connectivity index (χ2v) is 6.91. The van der Waals surface area contributed by atoms with Crippen LogP contribution in [0.2, 0.25) is 0 Å². The summed E-state index contributed by atoms with van der Waals surface area (Å²) in [4.78, 5) is 4.34. The van der Waals surface area contributed by atoms with Crippen LogP contribution in [0.25, 0.3) is 17.1 Å². The third-order valence-electron chi connectivity index (χ3n) is 3.93. The monoisotopic (exact) mass is 382 g/mol. The largest absolute Gasteiger partial charge is 0.338 e. The number of aromatic nitrogens is 6. The van der Waals surface area contributed by atoms with Gasteiger partial charge in [-0.05, 0) is 65.7 Å². The van der Waals surface area contributed by atoms with E-state index >= 15 is 0 Å². The van der Waals surface area contributed by atoms with Crippen molar-refractivity contribution < 1.29 is 8.91 Å². The molecule has 4 aromatic rings. The van der Waals surface area contributed by atoms with Crippen molar-refractivity contribution in [1.29, 1.82) is 0 Å². The van der Waals surface area contributed by atoms with E-state index in [-0.39, 0.29) is 5.82 Å². The van der Waals surface area contributed by atoms with Crippen molar-refractivity contribution in [2.45, 2.75) is 24.8 Å². The number of hydrogen-bond acceptors (Lipinski definition) is 7. The Morgan fingerprint density at radius 3 is 2.74 bits per heavy atom. The SMILES string of the molecule is Cc1ccc(C)c(-n2nnnc2SCc2nc(-c3ccc(F)cc3)no2)c1. The molecule has 7 nitrogen and oxygen atoms in total. The van der Waals surface area contributed by atoms with Crippen molar-refractivity contribution in [3.05, 3.63) is 65.3 Å². The van der Waals surface area contributed by atoms with E-state index in [0.717, 1.165) is 16.8 Å². The van der Waals surface area contributed by atoms with Gasteiger partial charge in [-0.15, -0.1) is 5.10 Å². The summed E-state index contributed by atoms with van der Waals surface area (Å²) in [6.45, 7) is 4.04. The van der Waals surface area contributed by atoms with Crippen LogP contribution < -0.4 is 0 Å². The van der Waals surface area contributed by atoms with Crippen molar-refractivity contribution in [2.75, 3.05) is 0 Å². The summed E-state index contributed by atoms with van der Waals surface area (Å²) >= 11 is 1.40. The Labute approximate surface area is 158 Å². The number of nitrogens with zero attached hydrogens (tertiary/aromatic N) is 6. The van der Waals surface area contributed by atoms with E-state index in [1.165, 1.54) is 23.9 Å². The van der Waals surface area contributed by atoms with Crippen LogP contribution in [0.15, 0.2) is 52.1 Å². The molecular weight excluding hydrogens is 367 g/mol. The highest BCUT2D eigenvalue weighted by Gasteiger charge is 2.14. The molecule has 0 aliphatic carbocycles. The molecule has 4 rings (SSSR count). The van der Waals surface area contributed by atoms with Gasteiger partial charge in [0.1, 0.15) is 5.82 Å². The highest BCUT2D eigenvalue weighted by atomic mass is 32.2. The molecular formula is C18H15FN6OS. The lowest BCUT2D eigenvalue weighted by atomic mass is 10.1. The smallest absolute Gasteiger partial charge is 0.237 e. The van der Waals surface area contributed by atoms with Crippen LogP contribution in [-0.4, -0.2) is 30.3 Å². The highest BCUT2D eigenvalue weighted by molar-refractivity contribution is 7.98. The molecule has 0 bridgehead atoms. The maximum absolute atomic E-state index is 13.0. The van der Waals surface area contributed by atoms with Crippen molar-refractivity contribution in [1.82, 2.24) is 30.3 Å². The summed E-state index contributed by atoms with van der Waals surface area (Å²) in [5, 5.41) is 16.5. The van der Waals surface area contributed by atoms with Crippen LogP contribution in [-0.2, 0) is 5.75 Å². The standard InChI is InChI=1S/C18H15FN6OS/c1-11-3-4-12(2)15(9-11)25-18(21-23-24-25)27-10-16-20-17(22-26-16)13-5-7-14(19)8-6-13/h3-9H,10H2,1-2H3. The molecule has 136 valence electrons. The number of benzene rings is 2. The Bertz CT molecular complexity index is 1080. The molecule has 2 aromatic carbocycles. The second kappa shape index (κ2) is 7.28. The van der Waals surface area contributed by atoms with E-state index in [2.05, 4.69) is 25.7 Å². The molecule has 2 heterocycles. The summed E-state index contributed by atoms with van der Waals surface area (Å²) in [6, 6.07) is 12.1. The summed E-state index contributed by atoms with van der Waals surface area (Å²) in [5.41, 5.74) is 3.82. The zero-order chi connectivity index (χ0) is 18.8. The Kier molecular flexibility index (Phi) is 4.68. The number of rotatable bonds is 5. The summed E-state index contributed by atoms with van der Waals surface area (Å²) in [7, 11) is 0. The lowest BCUT2D eigenvalue weighted by molar-refractivity contribution is 0.391. The molecule has 0 amide bonds. The zero-order valence-corrected chi connectivity index (χ0v) is 15.4. The number of tetrazole rings is 1. The minimum absolute atomic E-state index is 0.309. The third-order valence-corrected chi connectivity index (χ3v) is 4.83. The average molecular weight is 382 g/mol. The lowest BCUT2D eigenvalue weighted by Crippen LogP contribution is -2.02. The van der Waals surface area contributed by atoms with Crippen molar-refractivity contribution in [3.8, 4) is 17.1 Å². The predicted octanol–water partition coefficient (Wildman–Crippen LogP) is 3.76. The molecule has 2 aromatic heterocycles. The highest BCUT2D eigenvalue weighted by Crippen LogP contribution is 2.25. The van der Waals surface area contributed by atoms with Gasteiger partial charge in [0.15, 0.2) is 0 Å². The van der Waals surface area contributed by atoms with Gasteiger partial charge >= 0.3 is 0 Å². The maximum Gasteiger partial charge on any atom is 0.237 e. The Morgan fingerprint density at radius 1 is 1.11 bits per heavy atom. The summed E-state index contributed by atoms with van der Waals surface area (Å²) in [5.74, 6) is 0.963. The van der Waals surface area contributed by atoms with Gasteiger partial charge in [0, 0.05) is 5.56 Å². The molecule has 0 fully saturated rings. The van der Waals surface area contributed by atoms with E-state index in [1.807, 2.05) is 32.0 Å². The molecule has 0 aliphatic heterocycles. The minimum Gasteiger partial charge on any atom is -0.338 e. The fraction of sp³-hybridized carbons (Fsp3) is 0.167. The molecule has 0 aliphatic rings. The van der Waals surface area contributed by atoms with Crippen LogP contribution in [0.4, 0.5) is 4.39 Å². The Hall–Kier alpha value is -3.07. The summed E-state index contributed by atoms with van der Waals surface area (Å²) in [6.07, 6.45) is 0. The van der Waals surface area contributed by atoms with Gasteiger partial charge in [0.2, 0.25) is 16.9 Å². The predicted molar refractivity (Wildman–Crippen MR) is 97.9 cm³/mol. The fourth-order valence-corrected chi connectivity index (χ4v) is 3.24. The van der Waals surface area contributed by atoms with E-state index in [4.69, 9.17) is 4.52 Å². The van der Waals surface area contributed by atoms with Gasteiger partial charge in [-0.2, -0.15) is 9.67 Å². The fourth-order valence-electron chi connectivity index (χ4n) is 2.52. The topological polar surface area (TPSA) is 82.5 Å². The van der Waals surface area contributed by atoms with Crippen LogP contribution in [0.5, 0.6) is 0 Å². The lowest BCUT2D eigenvalue weighted by Gasteiger charge is -2.07. The van der Waals surface area contributed by atoms with E-state index < -0.39 is 0 Å². The van der Waals surface area contributed by atoms with Gasteiger partial charge in [-0.3, -0.25) is 0 Å². The maximum atomic E-state index is 13.0. The molecule has 0 radical (unpaired) electrons. The van der Waals surface area contributed by atoms with Gasteiger partial charge in [0.05, 0.1) is 11.4 Å². The van der Waals surface area contributed by atoms with Crippen LogP contribution >= 0.6 is 11.8 Å². The zero-order valence-electron chi connectivity index (χ0n) is 14.6. The number of aryl methyl sites for hydroxylation is 2. The van der Waals surface area contributed by atoms with Crippen molar-refractivity contribution in [2.24, 2.45) is 0 Å². The van der Waals surface area contributed by atoms with E-state index in [0.29, 0.717) is 28.2 Å². The van der Waals surface area contributed by atoms with Gasteiger partial charge in [-0.1, -0.05) is 29.1 Å². The summed E-state index contributed by atoms with van der Waals surface area (Å²) < 4.78 is 20.0. The third kappa shape index (κ3) is 3.72. The number of thioether (sulfide) groups is 1. The Balaban J connectivity index is 1.51. The van der Waals surface area contributed by atoms with E-state index in [1.54, 1.807) is 16.8 Å². The van der Waals surface area contributed by atoms with Crippen LogP contribution in [0, 0.1) is 19.7 Å². The molecule has 9 heteroatoms. The van der Waals surface area contributed by atoms with Crippen molar-refractivity contribution in [3.63, 3.8) is 0 Å². The number of halogens is 1. The van der Waals surface area contributed by atoms with Crippen molar-refractivity contribution >= 4 is 11.8 Å². The van der Waals surface area contributed by atoms with Crippen LogP contribution in [0.3, 0.4) is 0 Å². The molecule has 0 saturated heterocycles. The first-order valence-corrected chi connectivity index (χ1v) is 9.16. The first-order chi connectivity index (χ1) is 13.1. The quantitative estimate of drug-likeness (QED) is 0.486. The van der Waals surface area contributed by atoms with Gasteiger partial charge in [0.25, 0.3) is 0 Å². The molecule has 0 spiro atoms. The van der Waals surface area contributed by atoms with Gasteiger partial charge in [-0.25, -0.2) is 4.39 Å².